The second kappa shape index (κ2) is 15.8. The zero-order valence-electron chi connectivity index (χ0n) is 25.2. The van der Waals surface area contributed by atoms with Crippen molar-refractivity contribution < 1.29 is 57.2 Å². The van der Waals surface area contributed by atoms with E-state index in [0.717, 1.165) is 30.9 Å². The van der Waals surface area contributed by atoms with Crippen LogP contribution in [0.2, 0.25) is 0 Å². The van der Waals surface area contributed by atoms with Crippen LogP contribution in [0.4, 0.5) is 0 Å². The summed E-state index contributed by atoms with van der Waals surface area (Å²) in [5.74, 6) is -6.20. The van der Waals surface area contributed by atoms with Crippen molar-refractivity contribution in [2.24, 2.45) is 0 Å². The van der Waals surface area contributed by atoms with E-state index in [2.05, 4.69) is 22.6 Å². The normalized spacial score (nSPS) is 10.6. The molecule has 0 N–H and O–H groups in total. The van der Waals surface area contributed by atoms with Gasteiger partial charge in [0.15, 0.2) is 0 Å². The average molecular weight is 611 g/mol. The molecular weight excluding hydrogens is 576 g/mol. The molecule has 12 heteroatoms. The quantitative estimate of drug-likeness (QED) is 0.114. The maximum atomic E-state index is 12.3. The largest absolute Gasteiger partial charge is 0.461 e. The first-order valence-corrected chi connectivity index (χ1v) is 13.2. The van der Waals surface area contributed by atoms with E-state index in [1.165, 1.54) is 6.92 Å². The minimum Gasteiger partial charge on any atom is -0.461 e. The molecule has 0 bridgehead atoms. The molecule has 0 saturated carbocycles. The van der Waals surface area contributed by atoms with Gasteiger partial charge in [-0.05, 0) is 54.7 Å². The smallest absolute Gasteiger partial charge is 0.417 e. The summed E-state index contributed by atoms with van der Waals surface area (Å²) in [7, 11) is 1.98. The predicted molar refractivity (Wildman–Crippen MR) is 155 cm³/mol. The lowest BCUT2D eigenvalue weighted by Crippen LogP contribution is -2.44. The maximum absolute atomic E-state index is 12.3. The second-order valence-corrected chi connectivity index (χ2v) is 9.70. The third-order valence-corrected chi connectivity index (χ3v) is 6.31. The van der Waals surface area contributed by atoms with Crippen molar-refractivity contribution in [2.45, 2.75) is 32.6 Å². The highest BCUT2D eigenvalue weighted by Crippen LogP contribution is 2.32. The van der Waals surface area contributed by atoms with Crippen LogP contribution in [0.5, 0.6) is 5.75 Å². The molecule has 0 aliphatic carbocycles. The Morgan fingerprint density at radius 1 is 0.636 bits per heavy atom. The van der Waals surface area contributed by atoms with Crippen molar-refractivity contribution >= 4 is 35.8 Å². The summed E-state index contributed by atoms with van der Waals surface area (Å²) in [6.45, 7) is 10.3. The highest BCUT2D eigenvalue weighted by Gasteiger charge is 2.39. The molecule has 0 saturated heterocycles. The van der Waals surface area contributed by atoms with Gasteiger partial charge in [-0.15, -0.1) is 0 Å². The molecule has 0 aromatic heterocycles. The SMILES string of the molecule is C=C(C)C(=O)OCC(COC(=O)C(=O)OC)(COC(=O)C(=O)OC)c1ccc(-c2ccc(OC(=O)C(=C)C)c(CC)c2)cc1. The van der Waals surface area contributed by atoms with Crippen LogP contribution in [0.15, 0.2) is 66.8 Å². The Morgan fingerprint density at radius 2 is 1.09 bits per heavy atom. The monoisotopic (exact) mass is 610 g/mol. The molecule has 0 amide bonds. The van der Waals surface area contributed by atoms with Gasteiger partial charge in [-0.2, -0.15) is 0 Å². The first kappa shape index (κ1) is 34.9. The van der Waals surface area contributed by atoms with Gasteiger partial charge in [0.2, 0.25) is 0 Å². The number of carbonyl (C=O) groups excluding carboxylic acids is 6. The third kappa shape index (κ3) is 9.12. The number of esters is 6. The van der Waals surface area contributed by atoms with E-state index in [0.29, 0.717) is 17.7 Å². The van der Waals surface area contributed by atoms with Crippen LogP contribution >= 0.6 is 0 Å². The lowest BCUT2D eigenvalue weighted by Gasteiger charge is -2.32. The molecule has 0 radical (unpaired) electrons. The van der Waals surface area contributed by atoms with Gasteiger partial charge in [-0.25, -0.2) is 28.8 Å². The van der Waals surface area contributed by atoms with Crippen molar-refractivity contribution in [1.29, 1.82) is 0 Å². The van der Waals surface area contributed by atoms with Crippen LogP contribution in [0.1, 0.15) is 31.9 Å². The summed E-state index contributed by atoms with van der Waals surface area (Å²) < 4.78 is 29.9. The predicted octanol–water partition coefficient (Wildman–Crippen LogP) is 3.19. The third-order valence-electron chi connectivity index (χ3n) is 6.31. The Labute approximate surface area is 254 Å². The van der Waals surface area contributed by atoms with Gasteiger partial charge >= 0.3 is 35.8 Å². The molecule has 0 atom stereocenters. The molecule has 0 aliphatic heterocycles. The molecule has 12 nitrogen and oxygen atoms in total. The average Bonchev–Trinajstić information content (AvgIpc) is 3.03. The highest BCUT2D eigenvalue weighted by atomic mass is 16.6. The highest BCUT2D eigenvalue weighted by molar-refractivity contribution is 6.30. The summed E-state index contributed by atoms with van der Waals surface area (Å²) in [5, 5.41) is 0. The van der Waals surface area contributed by atoms with Gasteiger partial charge in [0.25, 0.3) is 0 Å². The van der Waals surface area contributed by atoms with Crippen LogP contribution < -0.4 is 4.74 Å². The first-order valence-electron chi connectivity index (χ1n) is 13.2. The van der Waals surface area contributed by atoms with E-state index < -0.39 is 61.1 Å². The molecule has 0 unspecified atom stereocenters. The fraction of sp³-hybridized carbons (Fsp3) is 0.312. The van der Waals surface area contributed by atoms with Crippen molar-refractivity contribution in [3.05, 3.63) is 77.9 Å². The minimum atomic E-state index is -1.59. The van der Waals surface area contributed by atoms with Crippen LogP contribution in [-0.4, -0.2) is 69.9 Å². The van der Waals surface area contributed by atoms with Crippen molar-refractivity contribution in [3.63, 3.8) is 0 Å². The fourth-order valence-corrected chi connectivity index (χ4v) is 3.73. The molecule has 2 rings (SSSR count). The molecule has 2 aromatic rings. The Morgan fingerprint density at radius 3 is 1.52 bits per heavy atom. The zero-order chi connectivity index (χ0) is 33.0. The van der Waals surface area contributed by atoms with Crippen LogP contribution in [0.25, 0.3) is 11.1 Å². The van der Waals surface area contributed by atoms with E-state index in [9.17, 15) is 28.8 Å². The number of benzene rings is 2. The number of aryl methyl sites for hydroxylation is 1. The Balaban J connectivity index is 2.55. The van der Waals surface area contributed by atoms with E-state index >= 15 is 0 Å². The maximum Gasteiger partial charge on any atom is 0.417 e. The van der Waals surface area contributed by atoms with Crippen molar-refractivity contribution in [3.8, 4) is 16.9 Å². The molecule has 0 heterocycles. The summed E-state index contributed by atoms with van der Waals surface area (Å²) in [5.41, 5.74) is 1.37. The molecule has 2 aromatic carbocycles. The summed E-state index contributed by atoms with van der Waals surface area (Å²) >= 11 is 0. The van der Waals surface area contributed by atoms with E-state index in [-0.39, 0.29) is 11.1 Å². The van der Waals surface area contributed by atoms with Gasteiger partial charge < -0.3 is 28.4 Å². The van der Waals surface area contributed by atoms with Crippen LogP contribution in [0.3, 0.4) is 0 Å². The van der Waals surface area contributed by atoms with Gasteiger partial charge in [0, 0.05) is 11.1 Å². The number of ether oxygens (including phenoxy) is 6. The molecule has 0 aliphatic rings. The van der Waals surface area contributed by atoms with Crippen molar-refractivity contribution in [2.75, 3.05) is 34.0 Å². The number of hydrogen-bond donors (Lipinski definition) is 0. The summed E-state index contributed by atoms with van der Waals surface area (Å²) in [6.07, 6.45) is 0.569. The van der Waals surface area contributed by atoms with Crippen molar-refractivity contribution in [1.82, 2.24) is 0 Å². The lowest BCUT2D eigenvalue weighted by atomic mass is 9.81. The van der Waals surface area contributed by atoms with E-state index in [1.54, 1.807) is 43.3 Å². The first-order chi connectivity index (χ1) is 20.8. The zero-order valence-corrected chi connectivity index (χ0v) is 25.2. The standard InChI is InChI=1S/C32H34O12/c1-8-21-15-23(11-14-25(21)44-27(34)20(4)5)22-9-12-24(13-10-22)32(16-41-26(33)19(2)3,17-42-30(37)28(35)39-6)18-43-31(38)29(36)40-7/h9-15H,2,4,8,16-18H2,1,3,5-7H3. The second-order valence-electron chi connectivity index (χ2n) is 9.70. The summed E-state index contributed by atoms with van der Waals surface area (Å²) in [4.78, 5) is 72.1. The van der Waals surface area contributed by atoms with Crippen LogP contribution in [-0.2, 0) is 64.3 Å². The van der Waals surface area contributed by atoms with Gasteiger partial charge in [0.1, 0.15) is 25.6 Å². The number of rotatable bonds is 12. The van der Waals surface area contributed by atoms with Gasteiger partial charge in [-0.3, -0.25) is 0 Å². The Hall–Kier alpha value is -5.26. The Bertz CT molecular complexity index is 1420. The number of carbonyl (C=O) groups is 6. The van der Waals surface area contributed by atoms with Crippen LogP contribution in [0, 0.1) is 0 Å². The Kier molecular flexibility index (Phi) is 12.6. The summed E-state index contributed by atoms with van der Waals surface area (Å²) in [6, 6.07) is 11.9. The van der Waals surface area contributed by atoms with E-state index in [1.807, 2.05) is 13.0 Å². The minimum absolute atomic E-state index is 0.0662. The molecule has 0 fully saturated rings. The molecule has 0 spiro atoms. The topological polar surface area (TPSA) is 158 Å². The molecule has 234 valence electrons. The number of hydrogen-bond acceptors (Lipinski definition) is 12. The number of methoxy groups -OCH3 is 2. The lowest BCUT2D eigenvalue weighted by molar-refractivity contribution is -0.172. The van der Waals surface area contributed by atoms with Gasteiger partial charge in [-0.1, -0.05) is 50.4 Å². The van der Waals surface area contributed by atoms with Gasteiger partial charge in [0.05, 0.1) is 19.6 Å². The van der Waals surface area contributed by atoms with E-state index in [4.69, 9.17) is 18.9 Å². The molecular formula is C32H34O12. The fourth-order valence-electron chi connectivity index (χ4n) is 3.73. The molecule has 44 heavy (non-hydrogen) atoms.